The number of rotatable bonds is 29. The van der Waals surface area contributed by atoms with E-state index in [2.05, 4.69) is 12.4 Å². The topological polar surface area (TPSA) is 83.1 Å². The molecule has 0 aromatic carbocycles. The van der Waals surface area contributed by atoms with Gasteiger partial charge in [-0.05, 0) is 12.8 Å². The molecule has 0 fully saturated rings. The highest BCUT2D eigenvalue weighted by molar-refractivity contribution is 5.79. The van der Waals surface area contributed by atoms with Crippen molar-refractivity contribution in [3.8, 4) is 0 Å². The fraction of sp³-hybridized carbons (Fsp3) is 0.929. The number of carbonyl (C=O) groups is 2. The second-order valence-electron chi connectivity index (χ2n) is 9.37. The summed E-state index contributed by atoms with van der Waals surface area (Å²) in [5.74, 6) is -0.0539. The summed E-state index contributed by atoms with van der Waals surface area (Å²) in [6, 6.07) is 0. The lowest BCUT2D eigenvalue weighted by Gasteiger charge is -2.07. The third-order valence-corrected chi connectivity index (χ3v) is 5.96. The van der Waals surface area contributed by atoms with E-state index in [1.54, 1.807) is 7.11 Å². The summed E-state index contributed by atoms with van der Waals surface area (Å²) in [7, 11) is 1.63. The molecule has 7 nitrogen and oxygen atoms in total. The molecule has 35 heavy (non-hydrogen) atoms. The molecular formula is C28H55NO6. The van der Waals surface area contributed by atoms with Gasteiger partial charge in [0.15, 0.2) is 5.78 Å². The fourth-order valence-corrected chi connectivity index (χ4v) is 3.81. The number of nitrogens with one attached hydrogen (secondary N) is 1. The van der Waals surface area contributed by atoms with Crippen molar-refractivity contribution in [2.75, 3.05) is 46.8 Å². The lowest BCUT2D eigenvalue weighted by molar-refractivity contribution is -0.136. The third-order valence-electron chi connectivity index (χ3n) is 5.96. The van der Waals surface area contributed by atoms with Crippen LogP contribution in [0, 0.1) is 0 Å². The van der Waals surface area contributed by atoms with E-state index in [1.165, 1.54) is 83.5 Å². The first-order chi connectivity index (χ1) is 17.2. The smallest absolute Gasteiger partial charge is 0.243 e. The minimum atomic E-state index is -0.0933. The standard InChI is InChI=1S/C28H55NO6/c1-3-4-5-6-7-8-9-10-11-12-13-14-15-16-17-20-28(31)29-35-25-24-34-26-27(30)19-18-21-33-23-22-32-2/h3-26H2,1-2H3,(H,29,31). The van der Waals surface area contributed by atoms with Crippen LogP contribution in [-0.2, 0) is 28.6 Å². The third kappa shape index (κ3) is 29.1. The van der Waals surface area contributed by atoms with E-state index in [9.17, 15) is 9.59 Å². The fourth-order valence-electron chi connectivity index (χ4n) is 3.81. The Kier molecular flexibility index (Phi) is 28.4. The summed E-state index contributed by atoms with van der Waals surface area (Å²) in [5, 5.41) is 0. The quantitative estimate of drug-likeness (QED) is 0.0953. The van der Waals surface area contributed by atoms with Gasteiger partial charge in [0.1, 0.15) is 6.61 Å². The molecule has 0 saturated carbocycles. The molecule has 0 bridgehead atoms. The molecule has 0 unspecified atom stereocenters. The molecule has 0 radical (unpaired) electrons. The number of hydrogen-bond acceptors (Lipinski definition) is 6. The molecule has 0 heterocycles. The lowest BCUT2D eigenvalue weighted by Crippen LogP contribution is -2.25. The maximum atomic E-state index is 11.8. The maximum absolute atomic E-state index is 11.8. The van der Waals surface area contributed by atoms with Crippen molar-refractivity contribution in [3.05, 3.63) is 0 Å². The molecular weight excluding hydrogens is 446 g/mol. The van der Waals surface area contributed by atoms with Gasteiger partial charge in [-0.3, -0.25) is 14.4 Å². The van der Waals surface area contributed by atoms with Gasteiger partial charge < -0.3 is 14.2 Å². The molecule has 7 heteroatoms. The molecule has 0 aliphatic carbocycles. The summed E-state index contributed by atoms with van der Waals surface area (Å²) in [5.41, 5.74) is 2.45. The molecule has 0 aliphatic heterocycles. The number of methoxy groups -OCH3 is 1. The average Bonchev–Trinajstić information content (AvgIpc) is 2.85. The largest absolute Gasteiger partial charge is 0.382 e. The normalized spacial score (nSPS) is 11.1. The van der Waals surface area contributed by atoms with Gasteiger partial charge in [-0.1, -0.05) is 96.8 Å². The van der Waals surface area contributed by atoms with Crippen LogP contribution in [0.2, 0.25) is 0 Å². The van der Waals surface area contributed by atoms with Gasteiger partial charge in [-0.2, -0.15) is 0 Å². The Hall–Kier alpha value is -1.02. The van der Waals surface area contributed by atoms with Crippen molar-refractivity contribution in [1.29, 1.82) is 0 Å². The molecule has 1 N–H and O–H groups in total. The molecule has 0 spiro atoms. The van der Waals surface area contributed by atoms with Gasteiger partial charge in [0.05, 0.1) is 26.4 Å². The van der Waals surface area contributed by atoms with E-state index >= 15 is 0 Å². The first-order valence-electron chi connectivity index (χ1n) is 14.3. The van der Waals surface area contributed by atoms with Crippen molar-refractivity contribution in [2.24, 2.45) is 0 Å². The van der Waals surface area contributed by atoms with Gasteiger partial charge in [0.25, 0.3) is 0 Å². The Balaban J connectivity index is 3.24. The van der Waals surface area contributed by atoms with E-state index < -0.39 is 0 Å². The summed E-state index contributed by atoms with van der Waals surface area (Å²) in [6.45, 7) is 4.49. The van der Waals surface area contributed by atoms with Crippen molar-refractivity contribution in [3.63, 3.8) is 0 Å². The van der Waals surface area contributed by atoms with Crippen LogP contribution in [0.5, 0.6) is 0 Å². The van der Waals surface area contributed by atoms with Gasteiger partial charge in [-0.15, -0.1) is 0 Å². The monoisotopic (exact) mass is 501 g/mol. The number of Topliss-reactive ketones (excluding diaryl/α,β-unsaturated/α-hetero) is 1. The summed E-state index contributed by atoms with van der Waals surface area (Å²) in [6.07, 6.45) is 21.3. The highest BCUT2D eigenvalue weighted by Gasteiger charge is 2.04. The van der Waals surface area contributed by atoms with E-state index in [0.717, 1.165) is 12.8 Å². The molecule has 208 valence electrons. The minimum absolute atomic E-state index is 0.0394. The minimum Gasteiger partial charge on any atom is -0.382 e. The second kappa shape index (κ2) is 29.2. The van der Waals surface area contributed by atoms with Crippen molar-refractivity contribution in [2.45, 2.75) is 122 Å². The Bertz CT molecular complexity index is 461. The lowest BCUT2D eigenvalue weighted by atomic mass is 10.0. The molecule has 0 aliphatic rings. The van der Waals surface area contributed by atoms with Crippen LogP contribution in [-0.4, -0.2) is 58.4 Å². The molecule has 0 aromatic rings. The van der Waals surface area contributed by atoms with Crippen LogP contribution >= 0.6 is 0 Å². The van der Waals surface area contributed by atoms with Crippen molar-refractivity contribution in [1.82, 2.24) is 5.48 Å². The van der Waals surface area contributed by atoms with Crippen LogP contribution in [0.25, 0.3) is 0 Å². The zero-order valence-electron chi connectivity index (χ0n) is 22.9. The molecule has 0 atom stereocenters. The zero-order chi connectivity index (χ0) is 25.7. The van der Waals surface area contributed by atoms with Crippen molar-refractivity contribution < 1.29 is 28.6 Å². The SMILES string of the molecule is CCCCCCCCCCCCCCCCCC(=O)NOCCOCC(=O)CCCOCCOC. The summed E-state index contributed by atoms with van der Waals surface area (Å²) >= 11 is 0. The Labute approximate surface area is 215 Å². The summed E-state index contributed by atoms with van der Waals surface area (Å²) in [4.78, 5) is 28.6. The number of hydrogen-bond donors (Lipinski definition) is 1. The Morgan fingerprint density at radius 2 is 1.11 bits per heavy atom. The van der Waals surface area contributed by atoms with E-state index in [-0.39, 0.29) is 31.5 Å². The number of unbranched alkanes of at least 4 members (excludes halogenated alkanes) is 14. The van der Waals surface area contributed by atoms with Gasteiger partial charge in [-0.25, -0.2) is 5.48 Å². The molecule has 0 aromatic heterocycles. The zero-order valence-corrected chi connectivity index (χ0v) is 22.9. The Morgan fingerprint density at radius 3 is 1.69 bits per heavy atom. The van der Waals surface area contributed by atoms with Crippen LogP contribution in [0.4, 0.5) is 0 Å². The van der Waals surface area contributed by atoms with E-state index in [1.807, 2.05) is 0 Å². The predicted octanol–water partition coefficient (Wildman–Crippen LogP) is 6.32. The van der Waals surface area contributed by atoms with Gasteiger partial charge in [0, 0.05) is 26.6 Å². The predicted molar refractivity (Wildman–Crippen MR) is 141 cm³/mol. The highest BCUT2D eigenvalue weighted by Crippen LogP contribution is 2.13. The first-order valence-corrected chi connectivity index (χ1v) is 14.3. The number of hydroxylamine groups is 1. The number of amides is 1. The van der Waals surface area contributed by atoms with Gasteiger partial charge >= 0.3 is 0 Å². The van der Waals surface area contributed by atoms with Crippen LogP contribution in [0.3, 0.4) is 0 Å². The first kappa shape index (κ1) is 34.0. The van der Waals surface area contributed by atoms with Crippen molar-refractivity contribution >= 4 is 11.7 Å². The molecule has 1 amide bonds. The van der Waals surface area contributed by atoms with Gasteiger partial charge in [0.2, 0.25) is 5.91 Å². The van der Waals surface area contributed by atoms with Crippen LogP contribution < -0.4 is 5.48 Å². The number of ether oxygens (including phenoxy) is 3. The average molecular weight is 502 g/mol. The summed E-state index contributed by atoms with van der Waals surface area (Å²) < 4.78 is 15.5. The second-order valence-corrected chi connectivity index (χ2v) is 9.37. The van der Waals surface area contributed by atoms with Crippen LogP contribution in [0.15, 0.2) is 0 Å². The molecule has 0 rings (SSSR count). The Morgan fingerprint density at radius 1 is 0.571 bits per heavy atom. The van der Waals surface area contributed by atoms with E-state index in [0.29, 0.717) is 39.1 Å². The van der Waals surface area contributed by atoms with E-state index in [4.69, 9.17) is 19.0 Å². The van der Waals surface area contributed by atoms with Crippen LogP contribution in [0.1, 0.15) is 122 Å². The number of carbonyl (C=O) groups excluding carboxylic acids is 2. The number of ketones is 1. The highest BCUT2D eigenvalue weighted by atomic mass is 16.7. The molecule has 0 saturated heterocycles. The maximum Gasteiger partial charge on any atom is 0.243 e.